The van der Waals surface area contributed by atoms with Crippen LogP contribution in [0, 0.1) is 11.8 Å². The van der Waals surface area contributed by atoms with E-state index >= 15 is 0 Å². The van der Waals surface area contributed by atoms with Gasteiger partial charge in [-0.3, -0.25) is 0 Å². The first-order chi connectivity index (χ1) is 6.63. The minimum Gasteiger partial charge on any atom is -0.327 e. The summed E-state index contributed by atoms with van der Waals surface area (Å²) in [4.78, 5) is 0. The quantitative estimate of drug-likeness (QED) is 0.668. The lowest BCUT2D eigenvalue weighted by atomic mass is 9.92. The Balaban J connectivity index is 2.24. The summed E-state index contributed by atoms with van der Waals surface area (Å²) >= 11 is 0. The number of rotatable bonds is 5. The normalized spacial score (nSPS) is 29.1. The van der Waals surface area contributed by atoms with Crippen LogP contribution in [-0.4, -0.2) is 6.04 Å². The molecule has 0 aliphatic heterocycles. The highest BCUT2D eigenvalue weighted by Crippen LogP contribution is 2.35. The van der Waals surface area contributed by atoms with Crippen molar-refractivity contribution in [2.45, 2.75) is 58.4 Å². The van der Waals surface area contributed by atoms with Crippen LogP contribution in [0.2, 0.25) is 0 Å². The van der Waals surface area contributed by atoms with Gasteiger partial charge in [0.1, 0.15) is 0 Å². The third kappa shape index (κ3) is 3.45. The smallest absolute Gasteiger partial charge is 0.00703 e. The van der Waals surface area contributed by atoms with Gasteiger partial charge in [0.2, 0.25) is 0 Å². The van der Waals surface area contributed by atoms with Gasteiger partial charge in [-0.25, -0.2) is 0 Å². The highest BCUT2D eigenvalue weighted by molar-refractivity contribution is 4.91. The summed E-state index contributed by atoms with van der Waals surface area (Å²) in [5, 5.41) is 0. The molecular weight excluding hydrogens is 170 g/mol. The molecule has 82 valence electrons. The van der Waals surface area contributed by atoms with Gasteiger partial charge in [0, 0.05) is 6.04 Å². The summed E-state index contributed by atoms with van der Waals surface area (Å²) in [6.07, 6.45) is 7.71. The maximum Gasteiger partial charge on any atom is 0.00703 e. The molecule has 0 aromatic rings. The standard InChI is InChI=1S/C13H25N/c1-4-11-6-7-12(9-11)13(14)8-5-10(2)3/h11-13H,2,4-9,14H2,1,3H3. The second kappa shape index (κ2) is 5.55. The average Bonchev–Trinajstić information content (AvgIpc) is 2.62. The first kappa shape index (κ1) is 11.8. The predicted molar refractivity (Wildman–Crippen MR) is 63.1 cm³/mol. The third-order valence-corrected chi connectivity index (χ3v) is 3.67. The van der Waals surface area contributed by atoms with E-state index in [0.29, 0.717) is 6.04 Å². The molecule has 0 bridgehead atoms. The number of allylic oxidation sites excluding steroid dienone is 1. The van der Waals surface area contributed by atoms with Gasteiger partial charge in [-0.05, 0) is 44.4 Å². The van der Waals surface area contributed by atoms with E-state index in [9.17, 15) is 0 Å². The molecule has 1 aliphatic carbocycles. The number of hydrogen-bond donors (Lipinski definition) is 1. The second-order valence-corrected chi connectivity index (χ2v) is 5.01. The minimum atomic E-state index is 0.420. The Morgan fingerprint density at radius 1 is 1.50 bits per heavy atom. The first-order valence-corrected chi connectivity index (χ1v) is 6.03. The van der Waals surface area contributed by atoms with Crippen molar-refractivity contribution in [2.24, 2.45) is 17.6 Å². The van der Waals surface area contributed by atoms with Crippen LogP contribution in [0.15, 0.2) is 12.2 Å². The van der Waals surface area contributed by atoms with Crippen molar-refractivity contribution in [3.8, 4) is 0 Å². The SMILES string of the molecule is C=C(C)CCC(N)C1CCC(CC)C1. The summed E-state index contributed by atoms with van der Waals surface area (Å²) in [6, 6.07) is 0.420. The zero-order chi connectivity index (χ0) is 10.6. The molecule has 3 atom stereocenters. The van der Waals surface area contributed by atoms with Gasteiger partial charge in [-0.2, -0.15) is 0 Å². The zero-order valence-corrected chi connectivity index (χ0v) is 9.76. The van der Waals surface area contributed by atoms with E-state index in [2.05, 4.69) is 20.4 Å². The molecular formula is C13H25N. The van der Waals surface area contributed by atoms with Gasteiger partial charge in [-0.1, -0.05) is 25.3 Å². The lowest BCUT2D eigenvalue weighted by Gasteiger charge is -2.19. The van der Waals surface area contributed by atoms with Crippen molar-refractivity contribution in [1.29, 1.82) is 0 Å². The highest BCUT2D eigenvalue weighted by atomic mass is 14.7. The average molecular weight is 195 g/mol. The van der Waals surface area contributed by atoms with Crippen molar-refractivity contribution in [3.05, 3.63) is 12.2 Å². The predicted octanol–water partition coefficient (Wildman–Crippen LogP) is 3.50. The van der Waals surface area contributed by atoms with Gasteiger partial charge < -0.3 is 5.73 Å². The lowest BCUT2D eigenvalue weighted by molar-refractivity contribution is 0.390. The van der Waals surface area contributed by atoms with Crippen LogP contribution >= 0.6 is 0 Å². The molecule has 0 radical (unpaired) electrons. The van der Waals surface area contributed by atoms with Crippen LogP contribution in [0.5, 0.6) is 0 Å². The molecule has 1 nitrogen and oxygen atoms in total. The fourth-order valence-corrected chi connectivity index (χ4v) is 2.52. The zero-order valence-electron chi connectivity index (χ0n) is 9.76. The first-order valence-electron chi connectivity index (χ1n) is 6.03. The summed E-state index contributed by atoms with van der Waals surface area (Å²) in [7, 11) is 0. The van der Waals surface area contributed by atoms with Gasteiger partial charge in [0.15, 0.2) is 0 Å². The largest absolute Gasteiger partial charge is 0.327 e. The van der Waals surface area contributed by atoms with Crippen LogP contribution in [0.4, 0.5) is 0 Å². The van der Waals surface area contributed by atoms with Crippen LogP contribution in [0.3, 0.4) is 0 Å². The molecule has 14 heavy (non-hydrogen) atoms. The van der Waals surface area contributed by atoms with E-state index in [4.69, 9.17) is 5.73 Å². The molecule has 1 fully saturated rings. The van der Waals surface area contributed by atoms with Crippen molar-refractivity contribution in [1.82, 2.24) is 0 Å². The Kier molecular flexibility index (Phi) is 4.67. The molecule has 1 heteroatoms. The molecule has 0 amide bonds. The monoisotopic (exact) mass is 195 g/mol. The van der Waals surface area contributed by atoms with E-state index in [1.165, 1.54) is 31.3 Å². The Labute approximate surface area is 88.8 Å². The van der Waals surface area contributed by atoms with E-state index in [0.717, 1.165) is 24.7 Å². The van der Waals surface area contributed by atoms with Crippen LogP contribution < -0.4 is 5.73 Å². The van der Waals surface area contributed by atoms with E-state index in [1.54, 1.807) is 0 Å². The van der Waals surface area contributed by atoms with Crippen LogP contribution in [0.1, 0.15) is 52.4 Å². The lowest BCUT2D eigenvalue weighted by Crippen LogP contribution is -2.28. The van der Waals surface area contributed by atoms with Crippen molar-refractivity contribution in [3.63, 3.8) is 0 Å². The van der Waals surface area contributed by atoms with Crippen LogP contribution in [0.25, 0.3) is 0 Å². The second-order valence-electron chi connectivity index (χ2n) is 5.01. The molecule has 0 aromatic heterocycles. The Morgan fingerprint density at radius 3 is 2.71 bits per heavy atom. The molecule has 1 aliphatic rings. The number of nitrogens with two attached hydrogens (primary N) is 1. The molecule has 1 saturated carbocycles. The topological polar surface area (TPSA) is 26.0 Å². The summed E-state index contributed by atoms with van der Waals surface area (Å²) in [5.74, 6) is 1.75. The molecule has 3 unspecified atom stereocenters. The fraction of sp³-hybridized carbons (Fsp3) is 0.846. The van der Waals surface area contributed by atoms with Gasteiger partial charge in [0.25, 0.3) is 0 Å². The van der Waals surface area contributed by atoms with Gasteiger partial charge >= 0.3 is 0 Å². The van der Waals surface area contributed by atoms with Crippen molar-refractivity contribution in [2.75, 3.05) is 0 Å². The minimum absolute atomic E-state index is 0.420. The molecule has 0 saturated heterocycles. The Bertz CT molecular complexity index is 186. The summed E-state index contributed by atoms with van der Waals surface area (Å²) in [5.41, 5.74) is 7.47. The van der Waals surface area contributed by atoms with Gasteiger partial charge in [-0.15, -0.1) is 6.58 Å². The van der Waals surface area contributed by atoms with E-state index in [-0.39, 0.29) is 0 Å². The van der Waals surface area contributed by atoms with E-state index < -0.39 is 0 Å². The van der Waals surface area contributed by atoms with Crippen molar-refractivity contribution >= 4 is 0 Å². The van der Waals surface area contributed by atoms with Gasteiger partial charge in [0.05, 0.1) is 0 Å². The maximum atomic E-state index is 6.20. The molecule has 0 heterocycles. The highest BCUT2D eigenvalue weighted by Gasteiger charge is 2.27. The Morgan fingerprint density at radius 2 is 2.21 bits per heavy atom. The maximum absolute atomic E-state index is 6.20. The summed E-state index contributed by atoms with van der Waals surface area (Å²) < 4.78 is 0. The molecule has 0 aromatic carbocycles. The third-order valence-electron chi connectivity index (χ3n) is 3.67. The van der Waals surface area contributed by atoms with E-state index in [1.807, 2.05) is 0 Å². The number of hydrogen-bond acceptors (Lipinski definition) is 1. The molecule has 2 N–H and O–H groups in total. The molecule has 0 spiro atoms. The fourth-order valence-electron chi connectivity index (χ4n) is 2.52. The Hall–Kier alpha value is -0.300. The van der Waals surface area contributed by atoms with Crippen molar-refractivity contribution < 1.29 is 0 Å². The molecule has 1 rings (SSSR count). The van der Waals surface area contributed by atoms with Crippen LogP contribution in [-0.2, 0) is 0 Å². The summed E-state index contributed by atoms with van der Waals surface area (Å²) in [6.45, 7) is 8.32.